The zero-order valence-electron chi connectivity index (χ0n) is 8.92. The maximum Gasteiger partial charge on any atom is 0.405 e. The summed E-state index contributed by atoms with van der Waals surface area (Å²) in [6, 6.07) is 0. The Morgan fingerprint density at radius 1 is 1.53 bits per heavy atom. The molecule has 3 N–H and O–H groups in total. The third-order valence-electron chi connectivity index (χ3n) is 1.91. The minimum absolute atomic E-state index is 0.0591. The molecular weight excluding hydrogens is 303 g/mol. The number of rotatable bonds is 4. The van der Waals surface area contributed by atoms with Crippen molar-refractivity contribution in [2.45, 2.75) is 13.1 Å². The lowest BCUT2D eigenvalue weighted by Gasteiger charge is -2.24. The quantitative estimate of drug-likeness (QED) is 0.656. The molecule has 0 spiro atoms. The fourth-order valence-electron chi connectivity index (χ4n) is 1.20. The molecule has 0 saturated carbocycles. The first-order chi connectivity index (χ1) is 7.87. The Labute approximate surface area is 104 Å². The minimum Gasteiger partial charge on any atom is -0.347 e. The number of alkyl halides is 3. The summed E-state index contributed by atoms with van der Waals surface area (Å²) < 4.78 is 37.4. The van der Waals surface area contributed by atoms with Crippen LogP contribution in [0.5, 0.6) is 0 Å². The third-order valence-corrected chi connectivity index (χ3v) is 2.47. The van der Waals surface area contributed by atoms with E-state index in [0.29, 0.717) is 4.47 Å². The van der Waals surface area contributed by atoms with Crippen LogP contribution in [0.2, 0.25) is 0 Å². The van der Waals surface area contributed by atoms with Crippen LogP contribution in [0, 0.1) is 0 Å². The van der Waals surface area contributed by atoms with Gasteiger partial charge in [-0.15, -0.1) is 0 Å². The molecule has 0 bridgehead atoms. The molecule has 9 heteroatoms. The molecule has 1 aromatic rings. The van der Waals surface area contributed by atoms with Crippen LogP contribution in [-0.2, 0) is 0 Å². The van der Waals surface area contributed by atoms with E-state index in [1.54, 1.807) is 6.92 Å². The summed E-state index contributed by atoms with van der Waals surface area (Å²) >= 11 is 3.11. The summed E-state index contributed by atoms with van der Waals surface area (Å²) in [6.45, 7) is 0.693. The number of halogens is 4. The molecule has 17 heavy (non-hydrogen) atoms. The highest BCUT2D eigenvalue weighted by molar-refractivity contribution is 9.10. The van der Waals surface area contributed by atoms with Gasteiger partial charge >= 0.3 is 6.18 Å². The number of nitrogen functional groups attached to an aromatic ring is 1. The highest BCUT2D eigenvalue weighted by atomic mass is 79.9. The van der Waals surface area contributed by atoms with Crippen molar-refractivity contribution in [1.82, 2.24) is 9.97 Å². The molecule has 0 unspecified atom stereocenters. The average molecular weight is 314 g/mol. The van der Waals surface area contributed by atoms with Crippen LogP contribution in [0.4, 0.5) is 24.9 Å². The molecule has 5 nitrogen and oxygen atoms in total. The normalized spacial score (nSPS) is 11.4. The largest absolute Gasteiger partial charge is 0.405 e. The van der Waals surface area contributed by atoms with E-state index in [1.807, 2.05) is 0 Å². The zero-order valence-corrected chi connectivity index (χ0v) is 10.5. The Balaban J connectivity index is 3.02. The van der Waals surface area contributed by atoms with E-state index < -0.39 is 12.7 Å². The molecule has 0 aliphatic heterocycles. The second-order valence-electron chi connectivity index (χ2n) is 3.14. The lowest BCUT2D eigenvalue weighted by molar-refractivity contribution is -0.119. The van der Waals surface area contributed by atoms with E-state index in [2.05, 4.69) is 31.3 Å². The van der Waals surface area contributed by atoms with Gasteiger partial charge in [-0.2, -0.15) is 18.2 Å². The van der Waals surface area contributed by atoms with Crippen molar-refractivity contribution < 1.29 is 13.2 Å². The molecule has 0 saturated heterocycles. The highest BCUT2D eigenvalue weighted by Gasteiger charge is 2.31. The number of aromatic nitrogens is 2. The summed E-state index contributed by atoms with van der Waals surface area (Å²) in [7, 11) is 0. The first-order valence-electron chi connectivity index (χ1n) is 4.68. The number of nitrogens with two attached hydrogens (primary N) is 1. The number of nitrogens with one attached hydrogen (secondary N) is 1. The van der Waals surface area contributed by atoms with E-state index in [9.17, 15) is 13.2 Å². The van der Waals surface area contributed by atoms with Crippen molar-refractivity contribution in [2.24, 2.45) is 5.84 Å². The van der Waals surface area contributed by atoms with Crippen LogP contribution in [0.25, 0.3) is 0 Å². The van der Waals surface area contributed by atoms with Gasteiger partial charge in [0.2, 0.25) is 5.95 Å². The van der Waals surface area contributed by atoms with E-state index in [4.69, 9.17) is 5.84 Å². The standard InChI is InChI=1S/C8H11BrF3N5/c1-2-17(4-8(10,11)12)6-5(9)3-14-7(15-6)16-13/h3H,2,4,13H2,1H3,(H,14,15,16). The molecule has 0 aliphatic carbocycles. The van der Waals surface area contributed by atoms with Gasteiger partial charge < -0.3 is 4.90 Å². The predicted octanol–water partition coefficient (Wildman–Crippen LogP) is 1.91. The fourth-order valence-corrected chi connectivity index (χ4v) is 1.64. The monoisotopic (exact) mass is 313 g/mol. The van der Waals surface area contributed by atoms with E-state index >= 15 is 0 Å². The fraction of sp³-hybridized carbons (Fsp3) is 0.500. The molecule has 0 aromatic carbocycles. The van der Waals surface area contributed by atoms with Crippen LogP contribution in [0.3, 0.4) is 0 Å². The number of anilines is 2. The Hall–Kier alpha value is -1.09. The average Bonchev–Trinajstić information content (AvgIpc) is 2.25. The summed E-state index contributed by atoms with van der Waals surface area (Å²) in [6.07, 6.45) is -2.95. The number of hydrazine groups is 1. The second kappa shape index (κ2) is 5.50. The summed E-state index contributed by atoms with van der Waals surface area (Å²) in [5, 5.41) is 0. The molecule has 0 radical (unpaired) electrons. The Morgan fingerprint density at radius 2 is 2.18 bits per heavy atom. The van der Waals surface area contributed by atoms with Crippen LogP contribution >= 0.6 is 15.9 Å². The van der Waals surface area contributed by atoms with Gasteiger partial charge in [0.25, 0.3) is 0 Å². The zero-order chi connectivity index (χ0) is 13.1. The van der Waals surface area contributed by atoms with Crippen molar-refractivity contribution in [3.8, 4) is 0 Å². The number of nitrogens with zero attached hydrogens (tertiary/aromatic N) is 3. The first-order valence-corrected chi connectivity index (χ1v) is 5.47. The molecule has 0 atom stereocenters. The summed E-state index contributed by atoms with van der Waals surface area (Å²) in [5.41, 5.74) is 2.19. The SMILES string of the molecule is CCN(CC(F)(F)F)c1nc(NN)ncc1Br. The van der Waals surface area contributed by atoms with Gasteiger partial charge in [-0.05, 0) is 22.9 Å². The van der Waals surface area contributed by atoms with Crippen molar-refractivity contribution in [3.63, 3.8) is 0 Å². The molecule has 0 fully saturated rings. The molecule has 0 amide bonds. The first kappa shape index (κ1) is 14.0. The number of hydrogen-bond donors (Lipinski definition) is 2. The molecule has 0 aliphatic rings. The third kappa shape index (κ3) is 4.00. The highest BCUT2D eigenvalue weighted by Crippen LogP contribution is 2.27. The van der Waals surface area contributed by atoms with Crippen LogP contribution in [0.1, 0.15) is 6.92 Å². The second-order valence-corrected chi connectivity index (χ2v) is 3.99. The molecule has 96 valence electrons. The Morgan fingerprint density at radius 3 is 2.65 bits per heavy atom. The van der Waals surface area contributed by atoms with Gasteiger partial charge in [0, 0.05) is 12.7 Å². The van der Waals surface area contributed by atoms with Crippen molar-refractivity contribution in [3.05, 3.63) is 10.7 Å². The molecule has 1 rings (SSSR count). The van der Waals surface area contributed by atoms with Crippen molar-refractivity contribution in [1.29, 1.82) is 0 Å². The molecular formula is C8H11BrF3N5. The van der Waals surface area contributed by atoms with Crippen LogP contribution < -0.4 is 16.2 Å². The predicted molar refractivity (Wildman–Crippen MR) is 61.5 cm³/mol. The number of hydrogen-bond acceptors (Lipinski definition) is 5. The van der Waals surface area contributed by atoms with Crippen LogP contribution in [-0.4, -0.2) is 29.2 Å². The topological polar surface area (TPSA) is 67.1 Å². The van der Waals surface area contributed by atoms with Gasteiger partial charge in [-0.3, -0.25) is 5.43 Å². The van der Waals surface area contributed by atoms with Gasteiger partial charge in [0.05, 0.1) is 4.47 Å². The van der Waals surface area contributed by atoms with Crippen molar-refractivity contribution in [2.75, 3.05) is 23.4 Å². The van der Waals surface area contributed by atoms with Crippen molar-refractivity contribution >= 4 is 27.7 Å². The van der Waals surface area contributed by atoms with Crippen LogP contribution in [0.15, 0.2) is 10.7 Å². The summed E-state index contributed by atoms with van der Waals surface area (Å²) in [4.78, 5) is 8.72. The molecule has 1 aromatic heterocycles. The lowest BCUT2D eigenvalue weighted by Crippen LogP contribution is -2.35. The Bertz CT molecular complexity index is 384. The maximum atomic E-state index is 12.4. The summed E-state index contributed by atoms with van der Waals surface area (Å²) in [5.74, 6) is 5.31. The van der Waals surface area contributed by atoms with E-state index in [1.165, 1.54) is 6.20 Å². The molecule has 1 heterocycles. The Kier molecular flexibility index (Phi) is 4.52. The van der Waals surface area contributed by atoms with Gasteiger partial charge in [-0.1, -0.05) is 0 Å². The van der Waals surface area contributed by atoms with Gasteiger partial charge in [0.1, 0.15) is 12.4 Å². The van der Waals surface area contributed by atoms with E-state index in [0.717, 1.165) is 4.90 Å². The van der Waals surface area contributed by atoms with Gasteiger partial charge in [-0.25, -0.2) is 10.8 Å². The minimum atomic E-state index is -4.29. The lowest BCUT2D eigenvalue weighted by atomic mass is 10.4. The maximum absolute atomic E-state index is 12.4. The van der Waals surface area contributed by atoms with E-state index in [-0.39, 0.29) is 18.3 Å². The smallest absolute Gasteiger partial charge is 0.347 e. The van der Waals surface area contributed by atoms with Gasteiger partial charge in [0.15, 0.2) is 0 Å².